The number of aliphatic hydroxyl groups excluding tert-OH is 2. The fourth-order valence-corrected chi connectivity index (χ4v) is 4.70. The highest BCUT2D eigenvalue weighted by Gasteiger charge is 2.64. The Labute approximate surface area is 145 Å². The van der Waals surface area contributed by atoms with E-state index in [1.807, 2.05) is 25.1 Å². The number of likely N-dealkylation sites (tertiary alicyclic amines) is 1. The summed E-state index contributed by atoms with van der Waals surface area (Å²) < 4.78 is 0. The first kappa shape index (κ1) is 15.9. The molecule has 1 aliphatic carbocycles. The van der Waals surface area contributed by atoms with Gasteiger partial charge in [0.1, 0.15) is 5.69 Å². The van der Waals surface area contributed by atoms with Crippen LogP contribution in [-0.2, 0) is 0 Å². The summed E-state index contributed by atoms with van der Waals surface area (Å²) in [5, 5.41) is 21.3. The number of halogens is 1. The maximum Gasteiger partial charge on any atom is 0.270 e. The largest absolute Gasteiger partial charge is 0.396 e. The molecule has 1 saturated carbocycles. The summed E-state index contributed by atoms with van der Waals surface area (Å²) in [7, 11) is 0. The zero-order valence-electron chi connectivity index (χ0n) is 13.6. The van der Waals surface area contributed by atoms with E-state index < -0.39 is 0 Å². The number of aliphatic hydroxyl groups is 2. The van der Waals surface area contributed by atoms with E-state index in [1.54, 1.807) is 4.90 Å². The van der Waals surface area contributed by atoms with Gasteiger partial charge >= 0.3 is 0 Å². The summed E-state index contributed by atoms with van der Waals surface area (Å²) >= 11 is 6.04. The molecule has 1 saturated heterocycles. The molecule has 0 unspecified atom stereocenters. The molecule has 6 heteroatoms. The third-order valence-electron chi connectivity index (χ3n) is 6.32. The van der Waals surface area contributed by atoms with Gasteiger partial charge in [-0.15, -0.1) is 0 Å². The van der Waals surface area contributed by atoms with Gasteiger partial charge in [-0.1, -0.05) is 17.7 Å². The number of aromatic amines is 1. The highest BCUT2D eigenvalue weighted by molar-refractivity contribution is 6.31. The molecule has 1 amide bonds. The molecule has 2 aromatic rings. The molecule has 3 N–H and O–H groups in total. The van der Waals surface area contributed by atoms with E-state index in [1.165, 1.54) is 0 Å². The number of hydrogen-bond donors (Lipinski definition) is 3. The van der Waals surface area contributed by atoms with Crippen molar-refractivity contribution in [1.82, 2.24) is 9.88 Å². The Bertz CT molecular complexity index is 805. The molecular weight excluding hydrogens is 328 g/mol. The summed E-state index contributed by atoms with van der Waals surface area (Å²) in [6, 6.07) is 5.55. The highest BCUT2D eigenvalue weighted by atomic mass is 35.5. The summed E-state index contributed by atoms with van der Waals surface area (Å²) in [6.07, 6.45) is 1.71. The number of aromatic nitrogens is 1. The van der Waals surface area contributed by atoms with Crippen molar-refractivity contribution in [3.63, 3.8) is 0 Å². The smallest absolute Gasteiger partial charge is 0.270 e. The third-order valence-corrected chi connectivity index (χ3v) is 6.56. The number of nitrogens with zero attached hydrogens (tertiary/aromatic N) is 1. The van der Waals surface area contributed by atoms with Crippen molar-refractivity contribution in [2.45, 2.75) is 19.8 Å². The van der Waals surface area contributed by atoms with Gasteiger partial charge < -0.3 is 20.1 Å². The molecule has 1 aliphatic heterocycles. The average Bonchev–Trinajstić information content (AvgIpc) is 3.00. The zero-order valence-corrected chi connectivity index (χ0v) is 14.4. The maximum atomic E-state index is 13.1. The second-order valence-electron chi connectivity index (χ2n) is 7.35. The van der Waals surface area contributed by atoms with Gasteiger partial charge in [0.25, 0.3) is 5.91 Å². The number of amides is 1. The highest BCUT2D eigenvalue weighted by Crippen LogP contribution is 2.61. The Balaban J connectivity index is 1.69. The van der Waals surface area contributed by atoms with E-state index >= 15 is 0 Å². The van der Waals surface area contributed by atoms with Crippen molar-refractivity contribution >= 4 is 28.4 Å². The van der Waals surface area contributed by atoms with Crippen LogP contribution in [-0.4, -0.2) is 52.3 Å². The summed E-state index contributed by atoms with van der Waals surface area (Å²) in [4.78, 5) is 18.0. The third kappa shape index (κ3) is 1.92. The van der Waals surface area contributed by atoms with Gasteiger partial charge in [0.2, 0.25) is 0 Å². The minimum Gasteiger partial charge on any atom is -0.396 e. The van der Waals surface area contributed by atoms with Crippen molar-refractivity contribution in [1.29, 1.82) is 0 Å². The lowest BCUT2D eigenvalue weighted by Gasteiger charge is -2.52. The van der Waals surface area contributed by atoms with Crippen molar-refractivity contribution in [2.75, 3.05) is 26.3 Å². The average molecular weight is 349 g/mol. The van der Waals surface area contributed by atoms with Gasteiger partial charge in [0.05, 0.1) is 13.2 Å². The van der Waals surface area contributed by atoms with E-state index in [9.17, 15) is 15.0 Å². The molecule has 0 bridgehead atoms. The van der Waals surface area contributed by atoms with Crippen LogP contribution in [0.1, 0.15) is 28.9 Å². The maximum absolute atomic E-state index is 13.1. The quantitative estimate of drug-likeness (QED) is 0.796. The number of fused-ring (bicyclic) bond motifs is 2. The van der Waals surface area contributed by atoms with Gasteiger partial charge in [-0.05, 0) is 37.5 Å². The number of rotatable bonds is 3. The Morgan fingerprint density at radius 3 is 2.42 bits per heavy atom. The fourth-order valence-electron chi connectivity index (χ4n) is 4.53. The standard InChI is InChI=1S/C18H21ClN2O3/c1-11-13-3-2-12(19)6-14(13)20-15(11)16(24)21-7-17(9-22)4-5-18(17,8-21)10-23/h2-3,6,20,22-23H,4-5,7-10H2,1H3/t17-,18+. The minimum atomic E-state index is -0.347. The van der Waals surface area contributed by atoms with Crippen LogP contribution in [0.4, 0.5) is 0 Å². The fraction of sp³-hybridized carbons (Fsp3) is 0.500. The van der Waals surface area contributed by atoms with Gasteiger partial charge in [-0.2, -0.15) is 0 Å². The van der Waals surface area contributed by atoms with Crippen LogP contribution in [0.2, 0.25) is 5.02 Å². The van der Waals surface area contributed by atoms with E-state index in [0.29, 0.717) is 23.8 Å². The first-order valence-corrected chi connectivity index (χ1v) is 8.62. The van der Waals surface area contributed by atoms with Crippen molar-refractivity contribution in [3.05, 3.63) is 34.5 Å². The van der Waals surface area contributed by atoms with Crippen LogP contribution in [0.15, 0.2) is 18.2 Å². The van der Waals surface area contributed by atoms with Crippen molar-refractivity contribution < 1.29 is 15.0 Å². The number of benzene rings is 1. The molecule has 2 atom stereocenters. The lowest BCUT2D eigenvalue weighted by molar-refractivity contribution is -0.101. The first-order valence-electron chi connectivity index (χ1n) is 8.24. The van der Waals surface area contributed by atoms with Crippen LogP contribution in [0, 0.1) is 17.8 Å². The van der Waals surface area contributed by atoms with Gasteiger partial charge in [0.15, 0.2) is 0 Å². The summed E-state index contributed by atoms with van der Waals surface area (Å²) in [6.45, 7) is 2.95. The normalized spacial score (nSPS) is 28.9. The monoisotopic (exact) mass is 348 g/mol. The van der Waals surface area contributed by atoms with Crippen LogP contribution in [0.5, 0.6) is 0 Å². The second-order valence-corrected chi connectivity index (χ2v) is 7.79. The lowest BCUT2D eigenvalue weighted by atomic mass is 9.52. The van der Waals surface area contributed by atoms with Crippen LogP contribution < -0.4 is 0 Å². The van der Waals surface area contributed by atoms with Crippen molar-refractivity contribution in [3.8, 4) is 0 Å². The topological polar surface area (TPSA) is 76.6 Å². The van der Waals surface area contributed by atoms with Gasteiger partial charge in [-0.25, -0.2) is 0 Å². The number of hydrogen-bond acceptors (Lipinski definition) is 3. The summed E-state index contributed by atoms with van der Waals surface area (Å²) in [5.41, 5.74) is 1.62. The van der Waals surface area contributed by atoms with Crippen molar-refractivity contribution in [2.24, 2.45) is 10.8 Å². The Morgan fingerprint density at radius 2 is 1.88 bits per heavy atom. The molecule has 2 heterocycles. The molecule has 1 aromatic carbocycles. The minimum absolute atomic E-state index is 0.0125. The molecule has 128 valence electrons. The molecule has 5 nitrogen and oxygen atoms in total. The number of carbonyl (C=O) groups is 1. The molecule has 24 heavy (non-hydrogen) atoms. The van der Waals surface area contributed by atoms with E-state index in [0.717, 1.165) is 29.3 Å². The zero-order chi connectivity index (χ0) is 17.1. The molecule has 0 spiro atoms. The molecule has 2 aliphatic rings. The molecular formula is C18H21ClN2O3. The van der Waals surface area contributed by atoms with E-state index in [2.05, 4.69) is 4.98 Å². The van der Waals surface area contributed by atoms with Crippen LogP contribution in [0.25, 0.3) is 10.9 Å². The van der Waals surface area contributed by atoms with Gasteiger partial charge in [-0.3, -0.25) is 4.79 Å². The number of H-pyrrole nitrogens is 1. The Kier molecular flexibility index (Phi) is 3.46. The van der Waals surface area contributed by atoms with Gasteiger partial charge in [0, 0.05) is 39.8 Å². The van der Waals surface area contributed by atoms with Crippen LogP contribution >= 0.6 is 11.6 Å². The Hall–Kier alpha value is -1.56. The molecule has 1 aromatic heterocycles. The SMILES string of the molecule is Cc1c(C(=O)N2C[C@]3(CO)CC[C@]3(CO)C2)[nH]c2cc(Cl)ccc12. The van der Waals surface area contributed by atoms with Crippen LogP contribution in [0.3, 0.4) is 0 Å². The summed E-state index contributed by atoms with van der Waals surface area (Å²) in [5.74, 6) is -0.0742. The molecule has 0 radical (unpaired) electrons. The predicted octanol–water partition coefficient (Wildman–Crippen LogP) is 2.34. The second kappa shape index (κ2) is 5.22. The number of carbonyl (C=O) groups excluding carboxylic acids is 1. The molecule has 2 fully saturated rings. The van der Waals surface area contributed by atoms with E-state index in [4.69, 9.17) is 11.6 Å². The van der Waals surface area contributed by atoms with E-state index in [-0.39, 0.29) is 30.0 Å². The lowest BCUT2D eigenvalue weighted by Crippen LogP contribution is -2.54. The Morgan fingerprint density at radius 1 is 1.25 bits per heavy atom. The molecule has 4 rings (SSSR count). The number of nitrogens with one attached hydrogen (secondary N) is 1. The number of aryl methyl sites for hydroxylation is 1. The first-order chi connectivity index (χ1) is 11.5. The predicted molar refractivity (Wildman–Crippen MR) is 92.2 cm³/mol.